The molecule has 2 aromatic rings. The van der Waals surface area contributed by atoms with E-state index >= 15 is 0 Å². The van der Waals surface area contributed by atoms with Gasteiger partial charge in [0.2, 0.25) is 10.0 Å². The Morgan fingerprint density at radius 2 is 1.96 bits per heavy atom. The lowest BCUT2D eigenvalue weighted by atomic mass is 10.2. The third-order valence-corrected chi connectivity index (χ3v) is 7.29. The number of hydrogen-bond acceptors (Lipinski definition) is 5. The van der Waals surface area contributed by atoms with E-state index in [-0.39, 0.29) is 16.8 Å². The summed E-state index contributed by atoms with van der Waals surface area (Å²) in [5.41, 5.74) is 0.466. The average molecular weight is 397 g/mol. The van der Waals surface area contributed by atoms with Crippen LogP contribution >= 0.6 is 23.1 Å². The summed E-state index contributed by atoms with van der Waals surface area (Å²) in [5.74, 6) is 1.60. The van der Waals surface area contributed by atoms with Gasteiger partial charge in [0.05, 0.1) is 4.90 Å². The van der Waals surface area contributed by atoms with Crippen LogP contribution in [0.25, 0.3) is 0 Å². The molecule has 1 fully saturated rings. The van der Waals surface area contributed by atoms with Crippen LogP contribution in [-0.4, -0.2) is 32.7 Å². The second-order valence-electron chi connectivity index (χ2n) is 5.81. The Morgan fingerprint density at radius 3 is 2.60 bits per heavy atom. The van der Waals surface area contributed by atoms with E-state index in [9.17, 15) is 13.2 Å². The van der Waals surface area contributed by atoms with E-state index in [0.29, 0.717) is 12.1 Å². The van der Waals surface area contributed by atoms with E-state index < -0.39 is 10.0 Å². The van der Waals surface area contributed by atoms with Gasteiger partial charge in [-0.3, -0.25) is 4.79 Å². The van der Waals surface area contributed by atoms with E-state index in [1.165, 1.54) is 17.0 Å². The molecule has 25 heavy (non-hydrogen) atoms. The highest BCUT2D eigenvalue weighted by molar-refractivity contribution is 7.98. The molecule has 1 aromatic carbocycles. The largest absolute Gasteiger partial charge is 0.351 e. The summed E-state index contributed by atoms with van der Waals surface area (Å²) >= 11 is 3.51. The first-order chi connectivity index (χ1) is 12.0. The smallest absolute Gasteiger partial charge is 0.251 e. The van der Waals surface area contributed by atoms with E-state index in [0.717, 1.165) is 24.3 Å². The molecule has 0 radical (unpaired) electrons. The lowest BCUT2D eigenvalue weighted by Gasteiger charge is -2.07. The highest BCUT2D eigenvalue weighted by atomic mass is 32.2. The summed E-state index contributed by atoms with van der Waals surface area (Å²) in [6.07, 6.45) is 1.79. The SMILES string of the molecule is O=C(NCCSCc1cccs1)c1ccc(S(=O)(=O)NC2CC2)cc1. The minimum atomic E-state index is -3.47. The third-order valence-electron chi connectivity index (χ3n) is 3.68. The molecule has 1 aliphatic carbocycles. The maximum Gasteiger partial charge on any atom is 0.251 e. The van der Waals surface area contributed by atoms with E-state index in [1.54, 1.807) is 35.2 Å². The zero-order chi connectivity index (χ0) is 17.7. The van der Waals surface area contributed by atoms with Crippen molar-refractivity contribution in [2.24, 2.45) is 0 Å². The summed E-state index contributed by atoms with van der Waals surface area (Å²) in [6, 6.07) is 10.3. The first-order valence-corrected chi connectivity index (χ1v) is 11.6. The second kappa shape index (κ2) is 8.35. The Balaban J connectivity index is 1.44. The van der Waals surface area contributed by atoms with Crippen molar-refractivity contribution in [2.75, 3.05) is 12.3 Å². The lowest BCUT2D eigenvalue weighted by Crippen LogP contribution is -2.27. The standard InChI is InChI=1S/C17H20N2O3S3/c20-17(18-9-11-23-12-15-2-1-10-24-15)13-3-7-16(8-4-13)25(21,22)19-14-5-6-14/h1-4,7-8,10,14,19H,5-6,9,11-12H2,(H,18,20). The molecule has 134 valence electrons. The monoisotopic (exact) mass is 396 g/mol. The van der Waals surface area contributed by atoms with Crippen LogP contribution in [0.15, 0.2) is 46.7 Å². The second-order valence-corrected chi connectivity index (χ2v) is 9.66. The molecule has 5 nitrogen and oxygen atoms in total. The first kappa shape index (κ1) is 18.4. The molecule has 3 rings (SSSR count). The molecule has 0 atom stereocenters. The fraction of sp³-hybridized carbons (Fsp3) is 0.353. The van der Waals surface area contributed by atoms with Gasteiger partial charge in [-0.25, -0.2) is 13.1 Å². The predicted molar refractivity (Wildman–Crippen MR) is 103 cm³/mol. The van der Waals surface area contributed by atoms with Crippen LogP contribution in [-0.2, 0) is 15.8 Å². The van der Waals surface area contributed by atoms with Crippen molar-refractivity contribution in [2.45, 2.75) is 29.5 Å². The van der Waals surface area contributed by atoms with Crippen LogP contribution in [0.4, 0.5) is 0 Å². The van der Waals surface area contributed by atoms with Gasteiger partial charge in [0, 0.05) is 34.5 Å². The molecule has 0 aliphatic heterocycles. The number of carbonyl (C=O) groups is 1. The number of thioether (sulfide) groups is 1. The van der Waals surface area contributed by atoms with Crippen LogP contribution in [0.3, 0.4) is 0 Å². The molecule has 2 N–H and O–H groups in total. The number of sulfonamides is 1. The van der Waals surface area contributed by atoms with Gasteiger partial charge in [-0.05, 0) is 48.6 Å². The van der Waals surface area contributed by atoms with Crippen molar-refractivity contribution in [3.05, 3.63) is 52.2 Å². The zero-order valence-electron chi connectivity index (χ0n) is 13.6. The molecule has 0 saturated heterocycles. The maximum atomic E-state index is 12.1. The van der Waals surface area contributed by atoms with E-state index in [2.05, 4.69) is 21.5 Å². The van der Waals surface area contributed by atoms with Crippen molar-refractivity contribution in [1.82, 2.24) is 10.0 Å². The fourth-order valence-electron chi connectivity index (χ4n) is 2.18. The number of nitrogens with one attached hydrogen (secondary N) is 2. The molecule has 1 saturated carbocycles. The number of hydrogen-bond donors (Lipinski definition) is 2. The molecule has 1 aliphatic rings. The van der Waals surface area contributed by atoms with Crippen LogP contribution in [0.2, 0.25) is 0 Å². The summed E-state index contributed by atoms with van der Waals surface area (Å²) in [7, 11) is -3.47. The Morgan fingerprint density at radius 1 is 1.20 bits per heavy atom. The number of carbonyl (C=O) groups excluding carboxylic acids is 1. The van der Waals surface area contributed by atoms with E-state index in [4.69, 9.17) is 0 Å². The van der Waals surface area contributed by atoms with Crippen molar-refractivity contribution in [3.63, 3.8) is 0 Å². The number of rotatable bonds is 9. The van der Waals surface area contributed by atoms with Crippen LogP contribution < -0.4 is 10.0 Å². The molecule has 1 amide bonds. The Kier molecular flexibility index (Phi) is 6.16. The Labute approximate surface area is 156 Å². The van der Waals surface area contributed by atoms with Gasteiger partial charge in [0.15, 0.2) is 0 Å². The van der Waals surface area contributed by atoms with Gasteiger partial charge in [0.25, 0.3) is 5.91 Å². The van der Waals surface area contributed by atoms with Gasteiger partial charge in [-0.15, -0.1) is 11.3 Å². The normalized spacial score (nSPS) is 14.4. The highest BCUT2D eigenvalue weighted by Gasteiger charge is 2.27. The minimum Gasteiger partial charge on any atom is -0.351 e. The summed E-state index contributed by atoms with van der Waals surface area (Å²) < 4.78 is 26.8. The van der Waals surface area contributed by atoms with Gasteiger partial charge in [-0.1, -0.05) is 6.07 Å². The predicted octanol–water partition coefficient (Wildman–Crippen LogP) is 2.85. The van der Waals surface area contributed by atoms with Crippen molar-refractivity contribution < 1.29 is 13.2 Å². The fourth-order valence-corrected chi connectivity index (χ4v) is 5.18. The molecular formula is C17H20N2O3S3. The van der Waals surface area contributed by atoms with Crippen molar-refractivity contribution in [3.8, 4) is 0 Å². The van der Waals surface area contributed by atoms with Crippen molar-refractivity contribution >= 4 is 39.0 Å². The number of amides is 1. The number of benzene rings is 1. The third kappa shape index (κ3) is 5.57. The topological polar surface area (TPSA) is 75.3 Å². The summed E-state index contributed by atoms with van der Waals surface area (Å²) in [5, 5.41) is 4.92. The molecule has 0 unspecified atom stereocenters. The number of thiophene rings is 1. The van der Waals surface area contributed by atoms with Gasteiger partial charge in [-0.2, -0.15) is 11.8 Å². The van der Waals surface area contributed by atoms with Crippen molar-refractivity contribution in [1.29, 1.82) is 0 Å². The summed E-state index contributed by atoms with van der Waals surface area (Å²) in [6.45, 7) is 0.582. The van der Waals surface area contributed by atoms with Gasteiger partial charge >= 0.3 is 0 Å². The lowest BCUT2D eigenvalue weighted by molar-refractivity contribution is 0.0956. The molecule has 1 aromatic heterocycles. The maximum absolute atomic E-state index is 12.1. The zero-order valence-corrected chi connectivity index (χ0v) is 16.1. The first-order valence-electron chi connectivity index (χ1n) is 8.05. The molecule has 0 bridgehead atoms. The van der Waals surface area contributed by atoms with E-state index in [1.807, 2.05) is 6.07 Å². The average Bonchev–Trinajstić information content (AvgIpc) is 3.24. The van der Waals surface area contributed by atoms with Crippen LogP contribution in [0.1, 0.15) is 28.1 Å². The molecular weight excluding hydrogens is 376 g/mol. The Hall–Kier alpha value is -1.35. The molecule has 8 heteroatoms. The van der Waals surface area contributed by atoms with Crippen LogP contribution in [0, 0.1) is 0 Å². The minimum absolute atomic E-state index is 0.0691. The molecule has 0 spiro atoms. The highest BCUT2D eigenvalue weighted by Crippen LogP contribution is 2.22. The quantitative estimate of drug-likeness (QED) is 0.639. The summed E-state index contributed by atoms with van der Waals surface area (Å²) in [4.78, 5) is 13.6. The van der Waals surface area contributed by atoms with Gasteiger partial charge in [0.1, 0.15) is 0 Å². The Bertz CT molecular complexity index is 798. The molecule has 1 heterocycles. The van der Waals surface area contributed by atoms with Crippen LogP contribution in [0.5, 0.6) is 0 Å². The van der Waals surface area contributed by atoms with Gasteiger partial charge < -0.3 is 5.32 Å².